The van der Waals surface area contributed by atoms with Crippen LogP contribution in [0, 0.1) is 11.6 Å². The van der Waals surface area contributed by atoms with E-state index in [1.807, 2.05) is 37.3 Å². The van der Waals surface area contributed by atoms with E-state index >= 15 is 0 Å². The first-order valence-corrected chi connectivity index (χ1v) is 7.16. The Bertz CT molecular complexity index is 632. The molecule has 1 N–H and O–H groups in total. The van der Waals surface area contributed by atoms with Gasteiger partial charge in [-0.25, -0.2) is 8.78 Å². The van der Waals surface area contributed by atoms with Gasteiger partial charge in [0.05, 0.1) is 0 Å². The van der Waals surface area contributed by atoms with Gasteiger partial charge in [0, 0.05) is 30.9 Å². The van der Waals surface area contributed by atoms with Crippen LogP contribution in [-0.2, 0) is 4.79 Å². The molecule has 2 rings (SSSR count). The van der Waals surface area contributed by atoms with Crippen molar-refractivity contribution in [2.24, 2.45) is 0 Å². The largest absolute Gasteiger partial charge is 0.384 e. The van der Waals surface area contributed by atoms with E-state index in [0.29, 0.717) is 18.8 Å². The fraction of sp³-hybridized carbons (Fsp3) is 0.235. The summed E-state index contributed by atoms with van der Waals surface area (Å²) in [5.41, 5.74) is 1.30. The third-order valence-corrected chi connectivity index (χ3v) is 3.27. The third kappa shape index (κ3) is 4.04. The van der Waals surface area contributed by atoms with Crippen molar-refractivity contribution in [2.75, 3.05) is 23.3 Å². The standard InChI is InChI=1S/C17H18F2N2O/c1-2-21(14-6-4-3-5-7-14)17(22)10-11-20-13-8-9-15(18)16(19)12-13/h3-9,12,20H,2,10-11H2,1H3. The van der Waals surface area contributed by atoms with Crippen molar-refractivity contribution in [3.05, 3.63) is 60.2 Å². The van der Waals surface area contributed by atoms with E-state index in [4.69, 9.17) is 0 Å². The van der Waals surface area contributed by atoms with E-state index in [-0.39, 0.29) is 12.3 Å². The molecule has 3 nitrogen and oxygen atoms in total. The summed E-state index contributed by atoms with van der Waals surface area (Å²) in [7, 11) is 0. The fourth-order valence-corrected chi connectivity index (χ4v) is 2.17. The van der Waals surface area contributed by atoms with Gasteiger partial charge in [0.2, 0.25) is 5.91 Å². The molecule has 0 heterocycles. The molecule has 0 aliphatic rings. The van der Waals surface area contributed by atoms with E-state index in [1.165, 1.54) is 6.07 Å². The Hall–Kier alpha value is -2.43. The SMILES string of the molecule is CCN(C(=O)CCNc1ccc(F)c(F)c1)c1ccccc1. The van der Waals surface area contributed by atoms with E-state index in [9.17, 15) is 13.6 Å². The minimum atomic E-state index is -0.907. The average Bonchev–Trinajstić information content (AvgIpc) is 2.52. The molecular formula is C17H18F2N2O. The number of rotatable bonds is 6. The van der Waals surface area contributed by atoms with E-state index in [2.05, 4.69) is 5.32 Å². The number of hydrogen-bond donors (Lipinski definition) is 1. The van der Waals surface area contributed by atoms with Crippen LogP contribution in [-0.4, -0.2) is 19.0 Å². The second kappa shape index (κ2) is 7.54. The summed E-state index contributed by atoms with van der Waals surface area (Å²) in [6, 6.07) is 13.0. The molecular weight excluding hydrogens is 286 g/mol. The van der Waals surface area contributed by atoms with Crippen molar-refractivity contribution in [3.8, 4) is 0 Å². The van der Waals surface area contributed by atoms with Gasteiger partial charge in [0.1, 0.15) is 0 Å². The zero-order chi connectivity index (χ0) is 15.9. The van der Waals surface area contributed by atoms with Crippen molar-refractivity contribution in [1.29, 1.82) is 0 Å². The van der Waals surface area contributed by atoms with Crippen LogP contribution >= 0.6 is 0 Å². The van der Waals surface area contributed by atoms with Gasteiger partial charge in [-0.05, 0) is 37.3 Å². The molecule has 0 saturated heterocycles. The van der Waals surface area contributed by atoms with Crippen LogP contribution in [0.4, 0.5) is 20.2 Å². The van der Waals surface area contributed by atoms with Crippen molar-refractivity contribution < 1.29 is 13.6 Å². The summed E-state index contributed by atoms with van der Waals surface area (Å²) in [4.78, 5) is 13.9. The molecule has 0 saturated carbocycles. The minimum Gasteiger partial charge on any atom is -0.384 e. The summed E-state index contributed by atoms with van der Waals surface area (Å²) in [5, 5.41) is 2.92. The van der Waals surface area contributed by atoms with E-state index in [1.54, 1.807) is 4.90 Å². The molecule has 0 radical (unpaired) electrons. The molecule has 0 aliphatic carbocycles. The first-order chi connectivity index (χ1) is 10.6. The zero-order valence-electron chi connectivity index (χ0n) is 12.4. The molecule has 2 aromatic rings. The Labute approximate surface area is 128 Å². The quantitative estimate of drug-likeness (QED) is 0.880. The van der Waals surface area contributed by atoms with Crippen molar-refractivity contribution in [3.63, 3.8) is 0 Å². The second-order valence-electron chi connectivity index (χ2n) is 4.78. The number of halogens is 2. The predicted octanol–water partition coefficient (Wildman–Crippen LogP) is 3.82. The van der Waals surface area contributed by atoms with Crippen LogP contribution in [0.15, 0.2) is 48.5 Å². The lowest BCUT2D eigenvalue weighted by Gasteiger charge is -2.21. The highest BCUT2D eigenvalue weighted by Crippen LogP contribution is 2.15. The van der Waals surface area contributed by atoms with E-state index in [0.717, 1.165) is 17.8 Å². The van der Waals surface area contributed by atoms with E-state index < -0.39 is 11.6 Å². The lowest BCUT2D eigenvalue weighted by molar-refractivity contribution is -0.118. The highest BCUT2D eigenvalue weighted by atomic mass is 19.2. The summed E-state index contributed by atoms with van der Waals surface area (Å²) in [6.45, 7) is 2.84. The third-order valence-electron chi connectivity index (χ3n) is 3.27. The highest BCUT2D eigenvalue weighted by molar-refractivity contribution is 5.93. The molecule has 0 aliphatic heterocycles. The minimum absolute atomic E-state index is 0.0243. The van der Waals surface area contributed by atoms with Gasteiger partial charge in [0.15, 0.2) is 11.6 Å². The molecule has 0 aromatic heterocycles. The number of nitrogens with one attached hydrogen (secondary N) is 1. The molecule has 0 atom stereocenters. The first-order valence-electron chi connectivity index (χ1n) is 7.16. The van der Waals surface area contributed by atoms with Crippen LogP contribution in [0.1, 0.15) is 13.3 Å². The second-order valence-corrected chi connectivity index (χ2v) is 4.78. The normalized spacial score (nSPS) is 10.3. The molecule has 0 spiro atoms. The van der Waals surface area contributed by atoms with Crippen LogP contribution in [0.25, 0.3) is 0 Å². The Kier molecular flexibility index (Phi) is 5.47. The van der Waals surface area contributed by atoms with Crippen molar-refractivity contribution in [2.45, 2.75) is 13.3 Å². The number of anilines is 2. The Morgan fingerprint density at radius 2 is 1.82 bits per heavy atom. The average molecular weight is 304 g/mol. The lowest BCUT2D eigenvalue weighted by Crippen LogP contribution is -2.31. The zero-order valence-corrected chi connectivity index (χ0v) is 12.4. The van der Waals surface area contributed by atoms with Gasteiger partial charge >= 0.3 is 0 Å². The number of carbonyl (C=O) groups is 1. The van der Waals surface area contributed by atoms with Gasteiger partial charge in [-0.2, -0.15) is 0 Å². The maximum Gasteiger partial charge on any atom is 0.228 e. The van der Waals surface area contributed by atoms with Crippen molar-refractivity contribution >= 4 is 17.3 Å². The monoisotopic (exact) mass is 304 g/mol. The molecule has 2 aromatic carbocycles. The van der Waals surface area contributed by atoms with Gasteiger partial charge in [-0.1, -0.05) is 18.2 Å². The van der Waals surface area contributed by atoms with Gasteiger partial charge < -0.3 is 10.2 Å². The van der Waals surface area contributed by atoms with Gasteiger partial charge in [-0.3, -0.25) is 4.79 Å². The number of nitrogens with zero attached hydrogens (tertiary/aromatic N) is 1. The van der Waals surface area contributed by atoms with Gasteiger partial charge in [-0.15, -0.1) is 0 Å². The summed E-state index contributed by atoms with van der Waals surface area (Å²) in [5.74, 6) is -1.82. The van der Waals surface area contributed by atoms with Crippen LogP contribution in [0.2, 0.25) is 0 Å². The molecule has 116 valence electrons. The summed E-state index contributed by atoms with van der Waals surface area (Å²) < 4.78 is 25.9. The van der Waals surface area contributed by atoms with Crippen LogP contribution in [0.3, 0.4) is 0 Å². The molecule has 0 unspecified atom stereocenters. The smallest absolute Gasteiger partial charge is 0.228 e. The maximum absolute atomic E-state index is 13.1. The molecule has 22 heavy (non-hydrogen) atoms. The topological polar surface area (TPSA) is 32.3 Å². The first kappa shape index (κ1) is 15.9. The lowest BCUT2D eigenvalue weighted by atomic mass is 10.2. The van der Waals surface area contributed by atoms with Crippen molar-refractivity contribution in [1.82, 2.24) is 0 Å². The summed E-state index contributed by atoms with van der Waals surface area (Å²) >= 11 is 0. The Morgan fingerprint density at radius 3 is 2.45 bits per heavy atom. The number of benzene rings is 2. The predicted molar refractivity (Wildman–Crippen MR) is 83.9 cm³/mol. The summed E-state index contributed by atoms with van der Waals surface area (Å²) in [6.07, 6.45) is 0.266. The maximum atomic E-state index is 13.1. The van der Waals surface area contributed by atoms with Gasteiger partial charge in [0.25, 0.3) is 0 Å². The number of para-hydroxylation sites is 1. The molecule has 5 heteroatoms. The molecule has 0 bridgehead atoms. The molecule has 1 amide bonds. The van der Waals surface area contributed by atoms with Crippen LogP contribution < -0.4 is 10.2 Å². The highest BCUT2D eigenvalue weighted by Gasteiger charge is 2.13. The Morgan fingerprint density at radius 1 is 1.09 bits per heavy atom. The number of amides is 1. The van der Waals surface area contributed by atoms with Crippen LogP contribution in [0.5, 0.6) is 0 Å². The Balaban J connectivity index is 1.90. The molecule has 0 fully saturated rings. The number of hydrogen-bond acceptors (Lipinski definition) is 2. The number of carbonyl (C=O) groups excluding carboxylic acids is 1. The fourth-order valence-electron chi connectivity index (χ4n) is 2.17.